The molecule has 0 bridgehead atoms. The van der Waals surface area contributed by atoms with Crippen LogP contribution in [0.25, 0.3) is 0 Å². The lowest BCUT2D eigenvalue weighted by Gasteiger charge is -2.07. The Hall–Kier alpha value is -1.94. The molecule has 2 rings (SSSR count). The molecule has 0 saturated heterocycles. The van der Waals surface area contributed by atoms with Crippen LogP contribution in [-0.4, -0.2) is 13.7 Å². The Balaban J connectivity index is 1.97. The number of hydrogen-bond donors (Lipinski definition) is 1. The lowest BCUT2D eigenvalue weighted by Crippen LogP contribution is -2.04. The van der Waals surface area contributed by atoms with Gasteiger partial charge in [0.25, 0.3) is 0 Å². The summed E-state index contributed by atoms with van der Waals surface area (Å²) in [4.78, 5) is 0. The summed E-state index contributed by atoms with van der Waals surface area (Å²) in [6.07, 6.45) is 0. The molecule has 4 nitrogen and oxygen atoms in total. The van der Waals surface area contributed by atoms with E-state index >= 15 is 0 Å². The molecule has 0 radical (unpaired) electrons. The molecule has 2 aromatic rings. The van der Waals surface area contributed by atoms with E-state index in [0.717, 1.165) is 35.1 Å². The minimum absolute atomic E-state index is 0.417. The molecule has 1 aromatic carbocycles. The van der Waals surface area contributed by atoms with E-state index in [4.69, 9.17) is 13.9 Å². The number of furan rings is 1. The molecule has 1 heterocycles. The van der Waals surface area contributed by atoms with Gasteiger partial charge in [0.2, 0.25) is 0 Å². The summed E-state index contributed by atoms with van der Waals surface area (Å²) in [7, 11) is 1.92. The Morgan fingerprint density at radius 3 is 2.60 bits per heavy atom. The van der Waals surface area contributed by atoms with Gasteiger partial charge in [0.15, 0.2) is 0 Å². The number of hydrogen-bond acceptors (Lipinski definition) is 4. The van der Waals surface area contributed by atoms with Gasteiger partial charge >= 0.3 is 0 Å². The topological polar surface area (TPSA) is 43.6 Å². The standard InChI is InChI=1S/C16H21NO3/c1-4-18-14-6-5-7-15(9-14)19-11-16-8-13(10-17-3)12(2)20-16/h5-9,17H,4,10-11H2,1-3H3. The fraction of sp³-hybridized carbons (Fsp3) is 0.375. The van der Waals surface area contributed by atoms with Crippen molar-refractivity contribution in [1.82, 2.24) is 5.32 Å². The molecule has 0 saturated carbocycles. The summed E-state index contributed by atoms with van der Waals surface area (Å²) in [5, 5.41) is 3.12. The first-order valence-corrected chi connectivity index (χ1v) is 6.81. The minimum atomic E-state index is 0.417. The van der Waals surface area contributed by atoms with Gasteiger partial charge in [-0.3, -0.25) is 0 Å². The van der Waals surface area contributed by atoms with Crippen LogP contribution in [0.15, 0.2) is 34.7 Å². The van der Waals surface area contributed by atoms with Crippen molar-refractivity contribution in [2.45, 2.75) is 27.0 Å². The minimum Gasteiger partial charge on any atom is -0.494 e. The van der Waals surface area contributed by atoms with Crippen LogP contribution in [0, 0.1) is 6.92 Å². The van der Waals surface area contributed by atoms with Crippen LogP contribution in [0.5, 0.6) is 11.5 Å². The van der Waals surface area contributed by atoms with Crippen LogP contribution in [0.3, 0.4) is 0 Å². The summed E-state index contributed by atoms with van der Waals surface area (Å²) in [6.45, 7) is 5.79. The molecular weight excluding hydrogens is 254 g/mol. The fourth-order valence-corrected chi connectivity index (χ4v) is 2.00. The zero-order valence-electron chi connectivity index (χ0n) is 12.2. The Morgan fingerprint density at radius 1 is 1.15 bits per heavy atom. The van der Waals surface area contributed by atoms with Crippen molar-refractivity contribution in [3.63, 3.8) is 0 Å². The Bertz CT molecular complexity index is 548. The second kappa shape index (κ2) is 7.01. The average molecular weight is 275 g/mol. The quantitative estimate of drug-likeness (QED) is 0.842. The van der Waals surface area contributed by atoms with E-state index in [1.165, 1.54) is 0 Å². The Kier molecular flexibility index (Phi) is 5.07. The first-order chi connectivity index (χ1) is 9.72. The Morgan fingerprint density at radius 2 is 1.90 bits per heavy atom. The van der Waals surface area contributed by atoms with Gasteiger partial charge in [-0.1, -0.05) is 6.07 Å². The van der Waals surface area contributed by atoms with Crippen LogP contribution in [0.1, 0.15) is 24.0 Å². The van der Waals surface area contributed by atoms with Crippen molar-refractivity contribution in [3.05, 3.63) is 47.4 Å². The van der Waals surface area contributed by atoms with Crippen molar-refractivity contribution < 1.29 is 13.9 Å². The van der Waals surface area contributed by atoms with Crippen molar-refractivity contribution in [2.75, 3.05) is 13.7 Å². The molecule has 1 aromatic heterocycles. The molecule has 20 heavy (non-hydrogen) atoms. The third kappa shape index (κ3) is 3.78. The summed E-state index contributed by atoms with van der Waals surface area (Å²) in [6, 6.07) is 9.65. The molecule has 0 aliphatic carbocycles. The number of aryl methyl sites for hydroxylation is 1. The smallest absolute Gasteiger partial charge is 0.146 e. The lowest BCUT2D eigenvalue weighted by atomic mass is 10.2. The van der Waals surface area contributed by atoms with E-state index in [9.17, 15) is 0 Å². The molecule has 0 amide bonds. The first kappa shape index (κ1) is 14.5. The molecule has 108 valence electrons. The molecule has 4 heteroatoms. The van der Waals surface area contributed by atoms with E-state index in [-0.39, 0.29) is 0 Å². The maximum Gasteiger partial charge on any atom is 0.146 e. The summed E-state index contributed by atoms with van der Waals surface area (Å²) in [5.41, 5.74) is 1.16. The van der Waals surface area contributed by atoms with Crippen molar-refractivity contribution in [3.8, 4) is 11.5 Å². The van der Waals surface area contributed by atoms with Crippen LogP contribution in [0.2, 0.25) is 0 Å². The lowest BCUT2D eigenvalue weighted by molar-refractivity contribution is 0.265. The van der Waals surface area contributed by atoms with Crippen molar-refractivity contribution in [2.24, 2.45) is 0 Å². The van der Waals surface area contributed by atoms with Crippen molar-refractivity contribution >= 4 is 0 Å². The highest BCUT2D eigenvalue weighted by atomic mass is 16.5. The maximum absolute atomic E-state index is 5.73. The van der Waals surface area contributed by atoms with E-state index in [1.54, 1.807) is 0 Å². The molecule has 0 aliphatic rings. The Labute approximate surface area is 119 Å². The highest BCUT2D eigenvalue weighted by molar-refractivity contribution is 5.33. The van der Waals surface area contributed by atoms with Crippen LogP contribution >= 0.6 is 0 Å². The van der Waals surface area contributed by atoms with E-state index in [0.29, 0.717) is 13.2 Å². The number of ether oxygens (including phenoxy) is 2. The number of nitrogens with one attached hydrogen (secondary N) is 1. The molecule has 0 unspecified atom stereocenters. The number of benzene rings is 1. The first-order valence-electron chi connectivity index (χ1n) is 6.81. The third-order valence-electron chi connectivity index (χ3n) is 2.94. The molecule has 1 N–H and O–H groups in total. The monoisotopic (exact) mass is 275 g/mol. The van der Waals surface area contributed by atoms with E-state index in [2.05, 4.69) is 5.32 Å². The van der Waals surface area contributed by atoms with Crippen LogP contribution in [-0.2, 0) is 13.2 Å². The van der Waals surface area contributed by atoms with Crippen LogP contribution in [0.4, 0.5) is 0 Å². The van der Waals surface area contributed by atoms with Gasteiger partial charge in [0.1, 0.15) is 29.6 Å². The van der Waals surface area contributed by atoms with Crippen LogP contribution < -0.4 is 14.8 Å². The average Bonchev–Trinajstić information content (AvgIpc) is 2.79. The summed E-state index contributed by atoms with van der Waals surface area (Å²) < 4.78 is 16.8. The van der Waals surface area contributed by atoms with Gasteiger partial charge in [-0.2, -0.15) is 0 Å². The highest BCUT2D eigenvalue weighted by Crippen LogP contribution is 2.21. The van der Waals surface area contributed by atoms with E-state index in [1.807, 2.05) is 51.2 Å². The molecular formula is C16H21NO3. The second-order valence-corrected chi connectivity index (χ2v) is 4.52. The van der Waals surface area contributed by atoms with Gasteiger partial charge in [-0.25, -0.2) is 0 Å². The third-order valence-corrected chi connectivity index (χ3v) is 2.94. The molecule has 0 aliphatic heterocycles. The van der Waals surface area contributed by atoms with Gasteiger partial charge in [-0.15, -0.1) is 0 Å². The zero-order valence-corrected chi connectivity index (χ0v) is 12.2. The number of rotatable bonds is 7. The molecule has 0 atom stereocenters. The maximum atomic E-state index is 5.73. The van der Waals surface area contributed by atoms with E-state index < -0.39 is 0 Å². The summed E-state index contributed by atoms with van der Waals surface area (Å²) >= 11 is 0. The van der Waals surface area contributed by atoms with Crippen molar-refractivity contribution in [1.29, 1.82) is 0 Å². The van der Waals surface area contributed by atoms with Gasteiger partial charge in [-0.05, 0) is 39.1 Å². The molecule has 0 spiro atoms. The molecule has 0 fully saturated rings. The van der Waals surface area contributed by atoms with Gasteiger partial charge in [0, 0.05) is 18.2 Å². The highest BCUT2D eigenvalue weighted by Gasteiger charge is 2.07. The largest absolute Gasteiger partial charge is 0.494 e. The zero-order chi connectivity index (χ0) is 14.4. The predicted molar refractivity (Wildman–Crippen MR) is 78.2 cm³/mol. The summed E-state index contributed by atoms with van der Waals surface area (Å²) in [5.74, 6) is 3.35. The van der Waals surface area contributed by atoms with Gasteiger partial charge < -0.3 is 19.2 Å². The normalized spacial score (nSPS) is 10.6. The SMILES string of the molecule is CCOc1cccc(OCc2cc(CNC)c(C)o2)c1. The predicted octanol–water partition coefficient (Wildman–Crippen LogP) is 3.29. The second-order valence-electron chi connectivity index (χ2n) is 4.52. The van der Waals surface area contributed by atoms with Gasteiger partial charge in [0.05, 0.1) is 6.61 Å². The fourth-order valence-electron chi connectivity index (χ4n) is 2.00.